The first-order valence-electron chi connectivity index (χ1n) is 4.23. The number of hydrogen-bond donors (Lipinski definition) is 0. The summed E-state index contributed by atoms with van der Waals surface area (Å²) in [6, 6.07) is 0. The Hall–Kier alpha value is -2.01. The number of rotatable bonds is 5. The van der Waals surface area contributed by atoms with Crippen LogP contribution in [0.25, 0.3) is 0 Å². The van der Waals surface area contributed by atoms with Crippen LogP contribution in [0.15, 0.2) is 0 Å². The van der Waals surface area contributed by atoms with Gasteiger partial charge in [0.2, 0.25) is 0 Å². The highest BCUT2D eigenvalue weighted by Gasteiger charge is 2.51. The van der Waals surface area contributed by atoms with Crippen LogP contribution in [-0.4, -0.2) is 23.0 Å². The van der Waals surface area contributed by atoms with E-state index in [2.05, 4.69) is 16.6 Å². The zero-order valence-electron chi connectivity index (χ0n) is 8.36. The van der Waals surface area contributed by atoms with E-state index in [1.165, 1.54) is 0 Å². The van der Waals surface area contributed by atoms with Crippen LogP contribution in [0.2, 0.25) is 0 Å². The Morgan fingerprint density at radius 2 is 1.93 bits per heavy atom. The first-order chi connectivity index (χ1) is 7.05. The Balaban J connectivity index is 5.14. The molecule has 0 saturated carbocycles. The summed E-state index contributed by atoms with van der Waals surface area (Å²) in [5.41, 5.74) is -2.00. The second kappa shape index (κ2) is 5.66. The van der Waals surface area contributed by atoms with Crippen molar-refractivity contribution < 1.29 is 14.5 Å². The fraction of sp³-hybridized carbons (Fsp3) is 0.500. The standard InChI is InChI=1S/C10H11NO4/c1-4-7-10(8-5-2,11(13)14)9(12)15-6-3/h1-2H,6-8H2,3H3. The average Bonchev–Trinajstić information content (AvgIpc) is 2.17. The molecule has 80 valence electrons. The maximum absolute atomic E-state index is 11.4. The molecule has 5 heteroatoms. The minimum atomic E-state index is -2.00. The molecule has 0 heterocycles. The van der Waals surface area contributed by atoms with Gasteiger partial charge in [-0.25, -0.2) is 4.79 Å². The van der Waals surface area contributed by atoms with E-state index in [4.69, 9.17) is 12.8 Å². The second-order valence-corrected chi connectivity index (χ2v) is 2.77. The number of carbonyl (C=O) groups is 1. The van der Waals surface area contributed by atoms with Gasteiger partial charge in [-0.3, -0.25) is 10.1 Å². The molecule has 15 heavy (non-hydrogen) atoms. The van der Waals surface area contributed by atoms with Gasteiger partial charge in [0, 0.05) is 4.92 Å². The lowest BCUT2D eigenvalue weighted by atomic mass is 9.93. The van der Waals surface area contributed by atoms with E-state index >= 15 is 0 Å². The fourth-order valence-electron chi connectivity index (χ4n) is 1.01. The number of carbonyl (C=O) groups excluding carboxylic acids is 1. The number of nitro groups is 1. The zero-order valence-corrected chi connectivity index (χ0v) is 8.36. The van der Waals surface area contributed by atoms with Crippen LogP contribution in [0, 0.1) is 34.8 Å². The van der Waals surface area contributed by atoms with E-state index in [0.29, 0.717) is 0 Å². The molecule has 0 radical (unpaired) electrons. The predicted octanol–water partition coefficient (Wildman–Crippen LogP) is 0.612. The van der Waals surface area contributed by atoms with Crippen molar-refractivity contribution in [1.29, 1.82) is 0 Å². The van der Waals surface area contributed by atoms with Crippen molar-refractivity contribution in [2.75, 3.05) is 6.61 Å². The van der Waals surface area contributed by atoms with E-state index in [-0.39, 0.29) is 19.4 Å². The molecule has 0 N–H and O–H groups in total. The Bertz CT molecular complexity index is 318. The Kier molecular flexibility index (Phi) is 4.90. The monoisotopic (exact) mass is 209 g/mol. The number of esters is 1. The van der Waals surface area contributed by atoms with Crippen molar-refractivity contribution >= 4 is 5.97 Å². The summed E-state index contributed by atoms with van der Waals surface area (Å²) in [5, 5.41) is 10.8. The molecule has 0 fully saturated rings. The molecular weight excluding hydrogens is 198 g/mol. The molecule has 0 amide bonds. The Labute approximate surface area is 88.0 Å². The van der Waals surface area contributed by atoms with Crippen molar-refractivity contribution in [2.24, 2.45) is 0 Å². The highest BCUT2D eigenvalue weighted by molar-refractivity contribution is 5.80. The molecule has 0 aromatic heterocycles. The third-order valence-electron chi connectivity index (χ3n) is 1.79. The molecule has 0 saturated heterocycles. The van der Waals surface area contributed by atoms with Gasteiger partial charge in [-0.15, -0.1) is 12.8 Å². The average molecular weight is 209 g/mol. The molecule has 0 aliphatic carbocycles. The maximum Gasteiger partial charge on any atom is 0.386 e. The highest BCUT2D eigenvalue weighted by Crippen LogP contribution is 2.21. The minimum Gasteiger partial charge on any atom is -0.461 e. The molecule has 0 aromatic carbocycles. The Morgan fingerprint density at radius 1 is 1.47 bits per heavy atom. The largest absolute Gasteiger partial charge is 0.461 e. The van der Waals surface area contributed by atoms with Crippen LogP contribution in [-0.2, 0) is 9.53 Å². The van der Waals surface area contributed by atoms with Gasteiger partial charge in [-0.2, -0.15) is 0 Å². The van der Waals surface area contributed by atoms with Crippen molar-refractivity contribution in [3.63, 3.8) is 0 Å². The number of ether oxygens (including phenoxy) is 1. The normalized spacial score (nSPS) is 9.80. The predicted molar refractivity (Wildman–Crippen MR) is 53.3 cm³/mol. The second-order valence-electron chi connectivity index (χ2n) is 2.77. The van der Waals surface area contributed by atoms with Gasteiger partial charge < -0.3 is 4.74 Å². The lowest BCUT2D eigenvalue weighted by Gasteiger charge is -2.18. The molecule has 5 nitrogen and oxygen atoms in total. The third-order valence-corrected chi connectivity index (χ3v) is 1.79. The van der Waals surface area contributed by atoms with Crippen LogP contribution >= 0.6 is 0 Å². The summed E-state index contributed by atoms with van der Waals surface area (Å²) >= 11 is 0. The van der Waals surface area contributed by atoms with E-state index in [0.717, 1.165) is 0 Å². The van der Waals surface area contributed by atoms with Crippen molar-refractivity contribution in [3.8, 4) is 24.7 Å². The van der Waals surface area contributed by atoms with Crippen LogP contribution in [0.5, 0.6) is 0 Å². The van der Waals surface area contributed by atoms with Crippen molar-refractivity contribution in [1.82, 2.24) is 0 Å². The van der Waals surface area contributed by atoms with E-state index in [1.54, 1.807) is 6.92 Å². The van der Waals surface area contributed by atoms with Gasteiger partial charge in [0.25, 0.3) is 0 Å². The minimum absolute atomic E-state index is 0.0452. The smallest absolute Gasteiger partial charge is 0.386 e. The van der Waals surface area contributed by atoms with Crippen LogP contribution in [0.1, 0.15) is 19.8 Å². The van der Waals surface area contributed by atoms with Gasteiger partial charge in [-0.05, 0) is 6.92 Å². The molecule has 0 rings (SSSR count). The zero-order chi connectivity index (χ0) is 11.9. The topological polar surface area (TPSA) is 69.4 Å². The van der Waals surface area contributed by atoms with Crippen LogP contribution in [0.3, 0.4) is 0 Å². The van der Waals surface area contributed by atoms with E-state index < -0.39 is 16.4 Å². The van der Waals surface area contributed by atoms with Gasteiger partial charge in [0.1, 0.15) is 0 Å². The SMILES string of the molecule is C#CCC(CC#C)(C(=O)OCC)[N+](=O)[O-]. The van der Waals surface area contributed by atoms with Gasteiger partial charge >= 0.3 is 11.5 Å². The summed E-state index contributed by atoms with van der Waals surface area (Å²) in [5.74, 6) is 3.17. The summed E-state index contributed by atoms with van der Waals surface area (Å²) in [7, 11) is 0. The van der Waals surface area contributed by atoms with Gasteiger partial charge in [0.15, 0.2) is 0 Å². The van der Waals surface area contributed by atoms with E-state index in [1.807, 2.05) is 0 Å². The van der Waals surface area contributed by atoms with Gasteiger partial charge in [0.05, 0.1) is 19.4 Å². The van der Waals surface area contributed by atoms with E-state index in [9.17, 15) is 14.9 Å². The van der Waals surface area contributed by atoms with Gasteiger partial charge in [-0.1, -0.05) is 11.8 Å². The number of nitrogens with zero attached hydrogens (tertiary/aromatic N) is 1. The summed E-state index contributed by atoms with van der Waals surface area (Å²) in [6.07, 6.45) is 9.23. The van der Waals surface area contributed by atoms with Crippen molar-refractivity contribution in [2.45, 2.75) is 25.3 Å². The summed E-state index contributed by atoms with van der Waals surface area (Å²) < 4.78 is 4.60. The summed E-state index contributed by atoms with van der Waals surface area (Å²) in [4.78, 5) is 21.5. The number of terminal acetylenes is 2. The molecule has 0 bridgehead atoms. The molecular formula is C10H11NO4. The van der Waals surface area contributed by atoms with Crippen LogP contribution < -0.4 is 0 Å². The first-order valence-corrected chi connectivity index (χ1v) is 4.23. The molecule has 0 aromatic rings. The molecule has 0 unspecified atom stereocenters. The fourth-order valence-corrected chi connectivity index (χ4v) is 1.01. The molecule has 0 aliphatic heterocycles. The molecule has 0 atom stereocenters. The quantitative estimate of drug-likeness (QED) is 0.288. The highest BCUT2D eigenvalue weighted by atomic mass is 16.6. The Morgan fingerprint density at radius 3 is 2.20 bits per heavy atom. The lowest BCUT2D eigenvalue weighted by Crippen LogP contribution is -2.47. The maximum atomic E-state index is 11.4. The first kappa shape index (κ1) is 13.0. The van der Waals surface area contributed by atoms with Crippen molar-refractivity contribution in [3.05, 3.63) is 10.1 Å². The summed E-state index contributed by atoms with van der Waals surface area (Å²) in [6.45, 7) is 1.60. The number of hydrogen-bond acceptors (Lipinski definition) is 4. The van der Waals surface area contributed by atoms with Crippen LogP contribution in [0.4, 0.5) is 0 Å². The molecule has 0 aliphatic rings. The molecule has 0 spiro atoms. The third kappa shape index (κ3) is 2.72. The lowest BCUT2D eigenvalue weighted by molar-refractivity contribution is -0.553.